The van der Waals surface area contributed by atoms with E-state index in [9.17, 15) is 4.79 Å². The summed E-state index contributed by atoms with van der Waals surface area (Å²) in [6.45, 7) is 6.11. The lowest BCUT2D eigenvalue weighted by atomic mass is 10.2. The molecule has 0 radical (unpaired) electrons. The second-order valence-corrected chi connectivity index (χ2v) is 6.78. The van der Waals surface area contributed by atoms with Crippen LogP contribution < -0.4 is 5.32 Å². The summed E-state index contributed by atoms with van der Waals surface area (Å²) in [7, 11) is 0. The van der Waals surface area contributed by atoms with Gasteiger partial charge in [0, 0.05) is 5.38 Å². The van der Waals surface area contributed by atoms with Crippen LogP contribution in [0.3, 0.4) is 0 Å². The lowest BCUT2D eigenvalue weighted by molar-refractivity contribution is 0.147. The summed E-state index contributed by atoms with van der Waals surface area (Å²) in [5, 5.41) is 14.7. The number of amides is 1. The smallest absolute Gasteiger partial charge is 0.413 e. The van der Waals surface area contributed by atoms with Crippen molar-refractivity contribution in [1.82, 2.24) is 9.97 Å². The third kappa shape index (κ3) is 4.23. The fourth-order valence-electron chi connectivity index (χ4n) is 1.56. The van der Waals surface area contributed by atoms with Gasteiger partial charge in [0.2, 0.25) is 0 Å². The van der Waals surface area contributed by atoms with Gasteiger partial charge in [-0.2, -0.15) is 0 Å². The Morgan fingerprint density at radius 1 is 1.48 bits per heavy atom. The maximum absolute atomic E-state index is 11.6. The molecular formula is C13H17N3O3S2. The van der Waals surface area contributed by atoms with Crippen LogP contribution in [0.4, 0.5) is 9.93 Å². The minimum Gasteiger partial charge on any atom is -0.449 e. The van der Waals surface area contributed by atoms with Crippen molar-refractivity contribution in [1.29, 1.82) is 0 Å². The number of aromatic nitrogens is 2. The molecule has 2 N–H and O–H groups in total. The highest BCUT2D eigenvalue weighted by Gasteiger charge is 2.14. The molecule has 0 bridgehead atoms. The number of anilines is 1. The van der Waals surface area contributed by atoms with Gasteiger partial charge in [0.25, 0.3) is 0 Å². The number of ether oxygens (including phenoxy) is 1. The van der Waals surface area contributed by atoms with E-state index in [1.807, 2.05) is 26.2 Å². The number of rotatable bonds is 5. The molecule has 6 nitrogen and oxygen atoms in total. The Balaban J connectivity index is 2.04. The van der Waals surface area contributed by atoms with Gasteiger partial charge >= 0.3 is 6.09 Å². The van der Waals surface area contributed by atoms with E-state index in [1.54, 1.807) is 0 Å². The third-order valence-electron chi connectivity index (χ3n) is 2.47. The summed E-state index contributed by atoms with van der Waals surface area (Å²) in [4.78, 5) is 21.1. The number of aryl methyl sites for hydroxylation is 1. The number of carbonyl (C=O) groups excluding carboxylic acids is 1. The fourth-order valence-corrected chi connectivity index (χ4v) is 3.21. The Bertz CT molecular complexity index is 622. The fraction of sp³-hybridized carbons (Fsp3) is 0.462. The number of hydrogen-bond acceptors (Lipinski definition) is 7. The molecule has 0 spiro atoms. The Labute approximate surface area is 130 Å². The molecule has 0 aliphatic heterocycles. The molecule has 8 heteroatoms. The van der Waals surface area contributed by atoms with Crippen molar-refractivity contribution < 1.29 is 14.6 Å². The van der Waals surface area contributed by atoms with E-state index < -0.39 is 6.09 Å². The van der Waals surface area contributed by atoms with E-state index in [1.165, 1.54) is 22.7 Å². The quantitative estimate of drug-likeness (QED) is 0.880. The summed E-state index contributed by atoms with van der Waals surface area (Å²) >= 11 is 2.72. The number of aliphatic hydroxyl groups excluding tert-OH is 1. The van der Waals surface area contributed by atoms with Gasteiger partial charge in [-0.05, 0) is 12.8 Å². The van der Waals surface area contributed by atoms with Crippen LogP contribution in [0.5, 0.6) is 0 Å². The number of nitrogens with one attached hydrogen (secondary N) is 1. The SMILES string of the molecule is Cc1nc(CO)sc1-c1csc(NC(=O)OCC(C)C)n1. The summed E-state index contributed by atoms with van der Waals surface area (Å²) in [5.41, 5.74) is 1.57. The lowest BCUT2D eigenvalue weighted by Crippen LogP contribution is -2.16. The zero-order chi connectivity index (χ0) is 15.4. The van der Waals surface area contributed by atoms with Gasteiger partial charge in [0.15, 0.2) is 5.13 Å². The topological polar surface area (TPSA) is 84.3 Å². The van der Waals surface area contributed by atoms with E-state index in [0.717, 1.165) is 16.3 Å². The molecule has 2 rings (SSSR count). The number of aliphatic hydroxyl groups is 1. The van der Waals surface area contributed by atoms with Gasteiger partial charge in [0.1, 0.15) is 5.01 Å². The third-order valence-corrected chi connectivity index (χ3v) is 4.39. The molecule has 0 atom stereocenters. The summed E-state index contributed by atoms with van der Waals surface area (Å²) in [6.07, 6.45) is -0.498. The van der Waals surface area contributed by atoms with E-state index in [2.05, 4.69) is 15.3 Å². The van der Waals surface area contributed by atoms with Gasteiger partial charge in [-0.3, -0.25) is 5.32 Å². The van der Waals surface area contributed by atoms with E-state index in [-0.39, 0.29) is 6.61 Å². The van der Waals surface area contributed by atoms with Crippen molar-refractivity contribution in [2.24, 2.45) is 5.92 Å². The van der Waals surface area contributed by atoms with Crippen LogP contribution in [0.1, 0.15) is 24.5 Å². The minimum atomic E-state index is -0.498. The number of carbonyl (C=O) groups is 1. The van der Waals surface area contributed by atoms with Crippen molar-refractivity contribution in [3.8, 4) is 10.6 Å². The lowest BCUT2D eigenvalue weighted by Gasteiger charge is -2.06. The summed E-state index contributed by atoms with van der Waals surface area (Å²) in [6, 6.07) is 0. The highest BCUT2D eigenvalue weighted by molar-refractivity contribution is 7.16. The Hall–Kier alpha value is -1.51. The summed E-state index contributed by atoms with van der Waals surface area (Å²) in [5.74, 6) is 0.291. The molecule has 114 valence electrons. The molecule has 0 unspecified atom stereocenters. The molecule has 2 aromatic rings. The van der Waals surface area contributed by atoms with Crippen LogP contribution in [0.2, 0.25) is 0 Å². The molecule has 0 saturated carbocycles. The standard InChI is InChI=1S/C13H17N3O3S2/c1-7(2)5-19-13(18)16-12-15-9(6-20-12)11-8(3)14-10(4-17)21-11/h6-7,17H,4-5H2,1-3H3,(H,15,16,18). The number of hydrogen-bond donors (Lipinski definition) is 2. The normalized spacial score (nSPS) is 10.9. The maximum Gasteiger partial charge on any atom is 0.413 e. The molecule has 0 aromatic carbocycles. The monoisotopic (exact) mass is 327 g/mol. The highest BCUT2D eigenvalue weighted by Crippen LogP contribution is 2.32. The first-order chi connectivity index (χ1) is 9.99. The molecule has 2 heterocycles. The van der Waals surface area contributed by atoms with Crippen molar-refractivity contribution >= 4 is 33.9 Å². The highest BCUT2D eigenvalue weighted by atomic mass is 32.1. The van der Waals surface area contributed by atoms with Crippen molar-refractivity contribution in [3.05, 3.63) is 16.1 Å². The maximum atomic E-state index is 11.6. The first-order valence-corrected chi connectivity index (χ1v) is 8.16. The average molecular weight is 327 g/mol. The Morgan fingerprint density at radius 3 is 2.86 bits per heavy atom. The Kier molecular flexibility index (Phi) is 5.27. The van der Waals surface area contributed by atoms with Gasteiger partial charge in [-0.1, -0.05) is 13.8 Å². The molecule has 0 aliphatic rings. The average Bonchev–Trinajstić information content (AvgIpc) is 3.02. The molecule has 21 heavy (non-hydrogen) atoms. The first-order valence-electron chi connectivity index (χ1n) is 6.46. The van der Waals surface area contributed by atoms with Crippen molar-refractivity contribution in [2.45, 2.75) is 27.4 Å². The predicted molar refractivity (Wildman–Crippen MR) is 83.7 cm³/mol. The second-order valence-electron chi connectivity index (χ2n) is 4.84. The number of thiazole rings is 2. The summed E-state index contributed by atoms with van der Waals surface area (Å²) < 4.78 is 5.04. The van der Waals surface area contributed by atoms with Crippen molar-refractivity contribution in [2.75, 3.05) is 11.9 Å². The Morgan fingerprint density at radius 2 is 2.24 bits per heavy atom. The number of nitrogens with zero attached hydrogens (tertiary/aromatic N) is 2. The van der Waals surface area contributed by atoms with Crippen LogP contribution in [0, 0.1) is 12.8 Å². The van der Waals surface area contributed by atoms with Gasteiger partial charge in [-0.25, -0.2) is 14.8 Å². The van der Waals surface area contributed by atoms with Gasteiger partial charge in [0.05, 0.1) is 29.5 Å². The molecule has 1 amide bonds. The van der Waals surface area contributed by atoms with Gasteiger partial charge in [-0.15, -0.1) is 22.7 Å². The van der Waals surface area contributed by atoms with Crippen LogP contribution in [-0.4, -0.2) is 27.8 Å². The predicted octanol–water partition coefficient (Wildman–Crippen LogP) is 3.27. The van der Waals surface area contributed by atoms with Crippen LogP contribution in [-0.2, 0) is 11.3 Å². The minimum absolute atomic E-state index is 0.0811. The zero-order valence-electron chi connectivity index (χ0n) is 12.0. The van der Waals surface area contributed by atoms with Gasteiger partial charge < -0.3 is 9.84 Å². The van der Waals surface area contributed by atoms with E-state index in [0.29, 0.717) is 22.7 Å². The molecular weight excluding hydrogens is 310 g/mol. The van der Waals surface area contributed by atoms with E-state index >= 15 is 0 Å². The molecule has 0 fully saturated rings. The molecule has 0 aliphatic carbocycles. The van der Waals surface area contributed by atoms with E-state index in [4.69, 9.17) is 9.84 Å². The van der Waals surface area contributed by atoms with Crippen LogP contribution in [0.15, 0.2) is 5.38 Å². The van der Waals surface area contributed by atoms with Crippen LogP contribution >= 0.6 is 22.7 Å². The zero-order valence-corrected chi connectivity index (χ0v) is 13.7. The largest absolute Gasteiger partial charge is 0.449 e. The van der Waals surface area contributed by atoms with Crippen LogP contribution in [0.25, 0.3) is 10.6 Å². The van der Waals surface area contributed by atoms with Crippen molar-refractivity contribution in [3.63, 3.8) is 0 Å². The molecule has 2 aromatic heterocycles. The first kappa shape index (κ1) is 15.9. The second kappa shape index (κ2) is 6.97. The molecule has 0 saturated heterocycles.